The standard InChI is InChI=1S/C13H26N4O3S/c1-6-14-7-8-17-12(4)13(11(3)16-17)21(18,19)15-9-10(2)20-5/h10,14-15H,6-9H2,1-5H3. The van der Waals surface area contributed by atoms with Gasteiger partial charge in [-0.15, -0.1) is 0 Å². The Hall–Kier alpha value is -0.960. The fourth-order valence-corrected chi connectivity index (χ4v) is 3.55. The van der Waals surface area contributed by atoms with Crippen LogP contribution in [-0.2, 0) is 21.3 Å². The summed E-state index contributed by atoms with van der Waals surface area (Å²) in [5, 5.41) is 7.52. The van der Waals surface area contributed by atoms with Crippen LogP contribution in [0.15, 0.2) is 4.90 Å². The van der Waals surface area contributed by atoms with E-state index in [4.69, 9.17) is 4.74 Å². The third-order valence-electron chi connectivity index (χ3n) is 3.30. The van der Waals surface area contributed by atoms with Crippen LogP contribution in [0.5, 0.6) is 0 Å². The summed E-state index contributed by atoms with van der Waals surface area (Å²) in [7, 11) is -2.02. The van der Waals surface area contributed by atoms with Gasteiger partial charge in [0, 0.05) is 20.2 Å². The molecule has 1 rings (SSSR count). The number of ether oxygens (including phenoxy) is 1. The maximum atomic E-state index is 12.4. The fourth-order valence-electron chi connectivity index (χ4n) is 2.03. The molecule has 1 atom stereocenters. The zero-order valence-electron chi connectivity index (χ0n) is 13.4. The van der Waals surface area contributed by atoms with E-state index in [1.807, 2.05) is 13.8 Å². The van der Waals surface area contributed by atoms with Crippen LogP contribution in [0.25, 0.3) is 0 Å². The molecule has 1 heterocycles. The molecule has 0 amide bonds. The van der Waals surface area contributed by atoms with E-state index < -0.39 is 10.0 Å². The molecule has 8 heteroatoms. The van der Waals surface area contributed by atoms with Gasteiger partial charge in [0.2, 0.25) is 10.0 Å². The second kappa shape index (κ2) is 7.88. The first kappa shape index (κ1) is 18.1. The van der Waals surface area contributed by atoms with Gasteiger partial charge in [0.05, 0.1) is 24.0 Å². The summed E-state index contributed by atoms with van der Waals surface area (Å²) in [6, 6.07) is 0. The minimum absolute atomic E-state index is 0.177. The maximum absolute atomic E-state index is 12.4. The summed E-state index contributed by atoms with van der Waals surface area (Å²) in [6.07, 6.45) is -0.177. The van der Waals surface area contributed by atoms with E-state index >= 15 is 0 Å². The first-order valence-electron chi connectivity index (χ1n) is 7.10. The molecule has 0 aliphatic carbocycles. The van der Waals surface area contributed by atoms with Crippen molar-refractivity contribution >= 4 is 10.0 Å². The third-order valence-corrected chi connectivity index (χ3v) is 4.97. The molecule has 0 saturated carbocycles. The molecule has 0 aromatic carbocycles. The number of rotatable bonds is 9. The molecule has 0 bridgehead atoms. The smallest absolute Gasteiger partial charge is 0.244 e. The third kappa shape index (κ3) is 4.77. The minimum Gasteiger partial charge on any atom is -0.380 e. The molecule has 0 radical (unpaired) electrons. The second-order valence-electron chi connectivity index (χ2n) is 4.97. The zero-order valence-corrected chi connectivity index (χ0v) is 14.2. The van der Waals surface area contributed by atoms with E-state index in [1.54, 1.807) is 25.6 Å². The number of likely N-dealkylation sites (N-methyl/N-ethyl adjacent to an activating group) is 1. The average molecular weight is 318 g/mol. The molecule has 1 unspecified atom stereocenters. The Labute approximate surface area is 127 Å². The normalized spacial score (nSPS) is 13.6. The molecule has 0 spiro atoms. The van der Waals surface area contributed by atoms with E-state index in [9.17, 15) is 8.42 Å². The topological polar surface area (TPSA) is 85.2 Å². The van der Waals surface area contributed by atoms with Crippen LogP contribution in [0.1, 0.15) is 25.2 Å². The first-order valence-corrected chi connectivity index (χ1v) is 8.59. The Kier molecular flexibility index (Phi) is 6.79. The predicted octanol–water partition coefficient (Wildman–Crippen LogP) is 0.423. The van der Waals surface area contributed by atoms with Crippen molar-refractivity contribution in [3.05, 3.63) is 11.4 Å². The number of sulfonamides is 1. The highest BCUT2D eigenvalue weighted by Crippen LogP contribution is 2.19. The van der Waals surface area contributed by atoms with E-state index in [0.29, 0.717) is 17.9 Å². The van der Waals surface area contributed by atoms with Crippen molar-refractivity contribution in [1.29, 1.82) is 0 Å². The fraction of sp³-hybridized carbons (Fsp3) is 0.769. The van der Waals surface area contributed by atoms with Gasteiger partial charge in [-0.05, 0) is 27.3 Å². The van der Waals surface area contributed by atoms with Gasteiger partial charge >= 0.3 is 0 Å². The Balaban J connectivity index is 2.91. The molecule has 0 saturated heterocycles. The lowest BCUT2D eigenvalue weighted by Crippen LogP contribution is -2.32. The highest BCUT2D eigenvalue weighted by molar-refractivity contribution is 7.89. The van der Waals surface area contributed by atoms with Gasteiger partial charge in [-0.1, -0.05) is 6.92 Å². The van der Waals surface area contributed by atoms with Gasteiger partial charge in [0.1, 0.15) is 4.90 Å². The van der Waals surface area contributed by atoms with Gasteiger partial charge in [-0.3, -0.25) is 4.68 Å². The van der Waals surface area contributed by atoms with Crippen LogP contribution in [0.4, 0.5) is 0 Å². The van der Waals surface area contributed by atoms with Gasteiger partial charge in [-0.2, -0.15) is 5.10 Å². The molecule has 0 aliphatic heterocycles. The minimum atomic E-state index is -3.57. The molecule has 2 N–H and O–H groups in total. The van der Waals surface area contributed by atoms with Crippen LogP contribution >= 0.6 is 0 Å². The van der Waals surface area contributed by atoms with Crippen molar-refractivity contribution in [3.63, 3.8) is 0 Å². The predicted molar refractivity (Wildman–Crippen MR) is 81.9 cm³/mol. The van der Waals surface area contributed by atoms with Gasteiger partial charge < -0.3 is 10.1 Å². The van der Waals surface area contributed by atoms with Gasteiger partial charge in [-0.25, -0.2) is 13.1 Å². The zero-order chi connectivity index (χ0) is 16.0. The SMILES string of the molecule is CCNCCn1nc(C)c(S(=O)(=O)NCC(C)OC)c1C. The summed E-state index contributed by atoms with van der Waals surface area (Å²) in [5.74, 6) is 0. The summed E-state index contributed by atoms with van der Waals surface area (Å²) >= 11 is 0. The van der Waals surface area contributed by atoms with Gasteiger partial charge in [0.25, 0.3) is 0 Å². The van der Waals surface area contributed by atoms with Crippen LogP contribution in [0.2, 0.25) is 0 Å². The lowest BCUT2D eigenvalue weighted by atomic mass is 10.4. The average Bonchev–Trinajstić information content (AvgIpc) is 2.72. The maximum Gasteiger partial charge on any atom is 0.244 e. The molecule has 0 fully saturated rings. The van der Waals surface area contributed by atoms with Crippen molar-refractivity contribution in [2.75, 3.05) is 26.7 Å². The van der Waals surface area contributed by atoms with Crippen LogP contribution in [-0.4, -0.2) is 51.0 Å². The van der Waals surface area contributed by atoms with Gasteiger partial charge in [0.15, 0.2) is 0 Å². The molecule has 1 aromatic rings. The Morgan fingerprint density at radius 1 is 1.38 bits per heavy atom. The summed E-state index contributed by atoms with van der Waals surface area (Å²) in [5.41, 5.74) is 1.17. The second-order valence-corrected chi connectivity index (χ2v) is 6.68. The van der Waals surface area contributed by atoms with Crippen LogP contribution in [0.3, 0.4) is 0 Å². The lowest BCUT2D eigenvalue weighted by molar-refractivity contribution is 0.122. The van der Waals surface area contributed by atoms with Crippen LogP contribution < -0.4 is 10.0 Å². The number of nitrogens with one attached hydrogen (secondary N) is 2. The molecular weight excluding hydrogens is 292 g/mol. The monoisotopic (exact) mass is 318 g/mol. The first-order chi connectivity index (χ1) is 9.83. The van der Waals surface area contributed by atoms with Crippen molar-refractivity contribution < 1.29 is 13.2 Å². The molecule has 7 nitrogen and oxygen atoms in total. The van der Waals surface area contributed by atoms with E-state index in [1.165, 1.54) is 0 Å². The van der Waals surface area contributed by atoms with Crippen molar-refractivity contribution in [3.8, 4) is 0 Å². The lowest BCUT2D eigenvalue weighted by Gasteiger charge is -2.12. The van der Waals surface area contributed by atoms with E-state index in [0.717, 1.165) is 13.1 Å². The molecule has 21 heavy (non-hydrogen) atoms. The summed E-state index contributed by atoms with van der Waals surface area (Å²) < 4.78 is 34.2. The number of hydrogen-bond donors (Lipinski definition) is 2. The van der Waals surface area contributed by atoms with Crippen molar-refractivity contribution in [2.45, 2.75) is 45.2 Å². The summed E-state index contributed by atoms with van der Waals surface area (Å²) in [4.78, 5) is 0.266. The van der Waals surface area contributed by atoms with E-state index in [2.05, 4.69) is 15.1 Å². The Morgan fingerprint density at radius 2 is 2.05 bits per heavy atom. The largest absolute Gasteiger partial charge is 0.380 e. The number of aryl methyl sites for hydroxylation is 1. The van der Waals surface area contributed by atoms with Crippen LogP contribution in [0, 0.1) is 13.8 Å². The molecule has 1 aromatic heterocycles. The summed E-state index contributed by atoms with van der Waals surface area (Å²) in [6.45, 7) is 9.84. The number of hydrogen-bond acceptors (Lipinski definition) is 5. The van der Waals surface area contributed by atoms with Crippen molar-refractivity contribution in [1.82, 2.24) is 19.8 Å². The Morgan fingerprint density at radius 3 is 2.62 bits per heavy atom. The van der Waals surface area contributed by atoms with E-state index in [-0.39, 0.29) is 17.5 Å². The quantitative estimate of drug-likeness (QED) is 0.645. The number of methoxy groups -OCH3 is 1. The highest BCUT2D eigenvalue weighted by Gasteiger charge is 2.24. The Bertz CT molecular complexity index is 554. The van der Waals surface area contributed by atoms with Crippen molar-refractivity contribution in [2.24, 2.45) is 0 Å². The molecule has 122 valence electrons. The molecular formula is C13H26N4O3S. The highest BCUT2D eigenvalue weighted by atomic mass is 32.2. The molecule has 0 aliphatic rings. The number of nitrogens with zero attached hydrogens (tertiary/aromatic N) is 2. The number of aromatic nitrogens is 2.